The quantitative estimate of drug-likeness (QED) is 0.161. The van der Waals surface area contributed by atoms with E-state index in [1.54, 1.807) is 42.5 Å². The van der Waals surface area contributed by atoms with E-state index in [0.29, 0.717) is 66.3 Å². The highest BCUT2D eigenvalue weighted by Gasteiger charge is 2.28. The first-order valence-corrected chi connectivity index (χ1v) is 16.0. The van der Waals surface area contributed by atoms with Gasteiger partial charge < -0.3 is 24.3 Å². The number of carbonyl (C=O) groups is 2. The second-order valence-electron chi connectivity index (χ2n) is 11.5. The van der Waals surface area contributed by atoms with Crippen LogP contribution >= 0.6 is 40.2 Å². The largest absolute Gasteiger partial charge is 0.484 e. The molecule has 2 aromatic heterocycles. The van der Waals surface area contributed by atoms with Gasteiger partial charge in [0.15, 0.2) is 6.61 Å². The maximum absolute atomic E-state index is 13.5. The van der Waals surface area contributed by atoms with Crippen LogP contribution in [0.5, 0.6) is 17.4 Å². The molecule has 1 aliphatic heterocycles. The van der Waals surface area contributed by atoms with Gasteiger partial charge in [-0.3, -0.25) is 14.5 Å². The summed E-state index contributed by atoms with van der Waals surface area (Å²) in [5.74, 6) is 0.579. The van der Waals surface area contributed by atoms with Crippen LogP contribution < -0.4 is 14.8 Å². The monoisotopic (exact) mass is 791 g/mol. The number of halogens is 6. The number of aryl methyl sites for hydroxylation is 1. The number of ether oxygens (including phenoxy) is 2. The molecule has 2 amide bonds. The summed E-state index contributed by atoms with van der Waals surface area (Å²) < 4.78 is 49.8. The second kappa shape index (κ2) is 15.7. The van der Waals surface area contributed by atoms with Crippen LogP contribution in [0.2, 0.25) is 10.0 Å². The fourth-order valence-electron chi connectivity index (χ4n) is 5.44. The van der Waals surface area contributed by atoms with Crippen LogP contribution in [-0.4, -0.2) is 70.1 Å². The zero-order chi connectivity index (χ0) is 34.7. The predicted octanol–water partition coefficient (Wildman–Crippen LogP) is 8.40. The molecule has 0 radical (unpaired) electrons. The van der Waals surface area contributed by atoms with Gasteiger partial charge >= 0.3 is 6.18 Å². The second-order valence-corrected chi connectivity index (χ2v) is 12.3. The van der Waals surface area contributed by atoms with Gasteiger partial charge in [-0.25, -0.2) is 4.98 Å². The van der Waals surface area contributed by atoms with Gasteiger partial charge in [-0.1, -0.05) is 35.3 Å². The molecule has 262 valence electrons. The van der Waals surface area contributed by atoms with Gasteiger partial charge in [0.05, 0.1) is 27.4 Å². The van der Waals surface area contributed by atoms with E-state index < -0.39 is 12.8 Å². The Morgan fingerprint density at radius 3 is 2.26 bits per heavy atom. The Balaban J connectivity index is 0.00000486. The van der Waals surface area contributed by atoms with Gasteiger partial charge in [0.25, 0.3) is 11.8 Å². The molecule has 5 aromatic rings. The number of hydrogen-bond acceptors (Lipinski definition) is 6. The molecule has 6 rings (SSSR count). The van der Waals surface area contributed by atoms with E-state index in [9.17, 15) is 22.8 Å². The lowest BCUT2D eigenvalue weighted by molar-refractivity contribution is -0.153. The summed E-state index contributed by atoms with van der Waals surface area (Å²) in [6.07, 6.45) is -2.90. The van der Waals surface area contributed by atoms with Crippen molar-refractivity contribution >= 4 is 68.6 Å². The summed E-state index contributed by atoms with van der Waals surface area (Å²) in [4.78, 5) is 34.4. The van der Waals surface area contributed by atoms with Crippen LogP contribution in [0, 0.1) is 0 Å². The Bertz CT molecular complexity index is 1980. The number of rotatable bonds is 9. The van der Waals surface area contributed by atoms with Crippen molar-refractivity contribution in [2.24, 2.45) is 7.05 Å². The number of anilines is 1. The molecule has 0 spiro atoms. The van der Waals surface area contributed by atoms with E-state index in [1.165, 1.54) is 24.4 Å². The zero-order valence-electron chi connectivity index (χ0n) is 26.5. The van der Waals surface area contributed by atoms with Crippen molar-refractivity contribution in [3.63, 3.8) is 0 Å². The number of amides is 2. The summed E-state index contributed by atoms with van der Waals surface area (Å²) in [6, 6.07) is 21.9. The normalized spacial score (nSPS) is 13.5. The van der Waals surface area contributed by atoms with Crippen molar-refractivity contribution in [2.45, 2.75) is 12.7 Å². The van der Waals surface area contributed by atoms with Crippen LogP contribution in [0.1, 0.15) is 26.4 Å². The van der Waals surface area contributed by atoms with Crippen molar-refractivity contribution in [2.75, 3.05) is 38.1 Å². The minimum absolute atomic E-state index is 0. The SMILES string of the molecule is Br.Cn1c(C(=O)N2CCN(Cc3ccc(OCC(F)(F)F)cc3)CC2)cc2ccc(Oc3ccc(NC(=O)c4ccc(Cl)c(Cl)c4)cn3)cc21. The number of benzene rings is 3. The molecule has 15 heteroatoms. The van der Waals surface area contributed by atoms with Gasteiger partial charge in [0.1, 0.15) is 17.2 Å². The lowest BCUT2D eigenvalue weighted by Gasteiger charge is -2.34. The van der Waals surface area contributed by atoms with Crippen molar-refractivity contribution < 1.29 is 32.2 Å². The summed E-state index contributed by atoms with van der Waals surface area (Å²) in [5.41, 5.74) is 3.14. The molecule has 0 saturated carbocycles. The van der Waals surface area contributed by atoms with Gasteiger partial charge in [0.2, 0.25) is 5.88 Å². The first-order chi connectivity index (χ1) is 23.4. The minimum atomic E-state index is -4.38. The number of nitrogens with one attached hydrogen (secondary N) is 1. The van der Waals surface area contributed by atoms with E-state index in [4.69, 9.17) is 32.7 Å². The molecule has 1 aliphatic rings. The van der Waals surface area contributed by atoms with Crippen LogP contribution in [0.15, 0.2) is 85.1 Å². The van der Waals surface area contributed by atoms with Gasteiger partial charge in [-0.15, -0.1) is 17.0 Å². The topological polar surface area (TPSA) is 88.9 Å². The average molecular weight is 793 g/mol. The van der Waals surface area contributed by atoms with E-state index >= 15 is 0 Å². The fourth-order valence-corrected chi connectivity index (χ4v) is 5.74. The fraction of sp³-hybridized carbons (Fsp3) is 0.229. The van der Waals surface area contributed by atoms with Crippen LogP contribution in [-0.2, 0) is 13.6 Å². The molecular formula is C35H31BrCl2F3N5O4. The molecule has 50 heavy (non-hydrogen) atoms. The zero-order valence-corrected chi connectivity index (χ0v) is 29.8. The Labute approximate surface area is 306 Å². The van der Waals surface area contributed by atoms with Crippen molar-refractivity contribution in [1.29, 1.82) is 0 Å². The predicted molar refractivity (Wildman–Crippen MR) is 191 cm³/mol. The molecule has 1 fully saturated rings. The van der Waals surface area contributed by atoms with Crippen LogP contribution in [0.25, 0.3) is 10.9 Å². The number of nitrogens with zero attached hydrogens (tertiary/aromatic N) is 4. The van der Waals surface area contributed by atoms with E-state index in [0.717, 1.165) is 16.5 Å². The maximum Gasteiger partial charge on any atom is 0.422 e. The number of fused-ring (bicyclic) bond motifs is 1. The molecule has 0 aliphatic carbocycles. The number of carbonyl (C=O) groups excluding carboxylic acids is 2. The number of aromatic nitrogens is 2. The number of alkyl halides is 3. The highest BCUT2D eigenvalue weighted by Crippen LogP contribution is 2.29. The minimum Gasteiger partial charge on any atom is -0.484 e. The molecule has 0 atom stereocenters. The van der Waals surface area contributed by atoms with Gasteiger partial charge in [0, 0.05) is 62.9 Å². The Hall–Kier alpha value is -4.30. The highest BCUT2D eigenvalue weighted by molar-refractivity contribution is 8.93. The lowest BCUT2D eigenvalue weighted by Crippen LogP contribution is -2.48. The third kappa shape index (κ3) is 9.08. The standard InChI is InChI=1S/C35H30Cl2F3N5O4.BrH/c1-43-30-18-27(49-32-11-6-25(19-41-32)42-33(46)24-5-10-28(36)29(37)16-24)9-4-23(30)17-31(43)34(47)45-14-12-44(13-15-45)20-22-2-7-26(8-3-22)48-21-35(38,39)40;/h2-11,16-19H,12-15,20-21H2,1H3,(H,42,46);1H. The Morgan fingerprint density at radius 2 is 1.60 bits per heavy atom. The molecule has 0 bridgehead atoms. The Morgan fingerprint density at radius 1 is 0.880 bits per heavy atom. The third-order valence-corrected chi connectivity index (χ3v) is 8.76. The molecule has 1 saturated heterocycles. The summed E-state index contributed by atoms with van der Waals surface area (Å²) >= 11 is 11.9. The first-order valence-electron chi connectivity index (χ1n) is 15.2. The molecular weight excluding hydrogens is 762 g/mol. The molecule has 3 heterocycles. The summed E-state index contributed by atoms with van der Waals surface area (Å²) in [6.45, 7) is 1.68. The number of piperazine rings is 1. The van der Waals surface area contributed by atoms with Gasteiger partial charge in [-0.2, -0.15) is 13.2 Å². The van der Waals surface area contributed by atoms with Gasteiger partial charge in [-0.05, 0) is 60.2 Å². The van der Waals surface area contributed by atoms with E-state index in [2.05, 4.69) is 15.2 Å². The molecule has 1 N–H and O–H groups in total. The summed E-state index contributed by atoms with van der Waals surface area (Å²) in [7, 11) is 1.83. The number of pyridine rings is 1. The Kier molecular flexibility index (Phi) is 11.6. The maximum atomic E-state index is 13.5. The van der Waals surface area contributed by atoms with E-state index in [-0.39, 0.29) is 39.6 Å². The molecule has 9 nitrogen and oxygen atoms in total. The van der Waals surface area contributed by atoms with Crippen molar-refractivity contribution in [1.82, 2.24) is 19.4 Å². The lowest BCUT2D eigenvalue weighted by atomic mass is 10.2. The highest BCUT2D eigenvalue weighted by atomic mass is 79.9. The number of hydrogen-bond donors (Lipinski definition) is 1. The van der Waals surface area contributed by atoms with Crippen LogP contribution in [0.3, 0.4) is 0 Å². The average Bonchev–Trinajstić information content (AvgIpc) is 3.41. The van der Waals surface area contributed by atoms with Crippen molar-refractivity contribution in [3.05, 3.63) is 112 Å². The molecule has 3 aromatic carbocycles. The smallest absolute Gasteiger partial charge is 0.422 e. The van der Waals surface area contributed by atoms with Crippen LogP contribution in [0.4, 0.5) is 18.9 Å². The summed E-state index contributed by atoms with van der Waals surface area (Å²) in [5, 5.41) is 4.28. The van der Waals surface area contributed by atoms with E-state index in [1.807, 2.05) is 34.7 Å². The molecule has 0 unspecified atom stereocenters. The third-order valence-electron chi connectivity index (χ3n) is 8.03. The van der Waals surface area contributed by atoms with Crippen molar-refractivity contribution in [3.8, 4) is 17.4 Å². The first kappa shape index (κ1) is 37.0.